The summed E-state index contributed by atoms with van der Waals surface area (Å²) in [6, 6.07) is 7.05. The molecule has 108 valence electrons. The maximum absolute atomic E-state index is 3.70. The van der Waals surface area contributed by atoms with Crippen molar-refractivity contribution >= 4 is 33.4 Å². The second-order valence-corrected chi connectivity index (χ2v) is 6.64. The van der Waals surface area contributed by atoms with Crippen molar-refractivity contribution < 1.29 is 0 Å². The summed E-state index contributed by atoms with van der Waals surface area (Å²) >= 11 is 5.59. The van der Waals surface area contributed by atoms with Gasteiger partial charge in [0.05, 0.1) is 0 Å². The summed E-state index contributed by atoms with van der Waals surface area (Å²) in [5.41, 5.74) is 2.60. The molecule has 1 N–H and O–H groups in total. The average Bonchev–Trinajstić information content (AvgIpc) is 2.41. The van der Waals surface area contributed by atoms with E-state index < -0.39 is 0 Å². The largest absolute Gasteiger partial charge is 0.374 e. The molecule has 0 amide bonds. The number of nitrogens with one attached hydrogen (secondary N) is 1. The zero-order valence-corrected chi connectivity index (χ0v) is 14.8. The number of benzene rings is 1. The number of anilines is 1. The summed E-state index contributed by atoms with van der Waals surface area (Å²) in [5, 5.41) is 3.53. The van der Waals surface area contributed by atoms with Gasteiger partial charge in [-0.2, -0.15) is 11.8 Å². The lowest BCUT2D eigenvalue weighted by atomic mass is 10.1. The van der Waals surface area contributed by atoms with Gasteiger partial charge in [0.1, 0.15) is 0 Å². The smallest absolute Gasteiger partial charge is 0.0375 e. The zero-order chi connectivity index (χ0) is 14.3. The number of nitrogens with zero attached hydrogens (tertiary/aromatic N) is 1. The summed E-state index contributed by atoms with van der Waals surface area (Å²) in [7, 11) is 2.15. The van der Waals surface area contributed by atoms with Crippen LogP contribution in [0.25, 0.3) is 0 Å². The van der Waals surface area contributed by atoms with Crippen LogP contribution < -0.4 is 10.2 Å². The van der Waals surface area contributed by atoms with Gasteiger partial charge < -0.3 is 10.2 Å². The van der Waals surface area contributed by atoms with E-state index in [4.69, 9.17) is 0 Å². The van der Waals surface area contributed by atoms with Crippen LogP contribution in [0.3, 0.4) is 0 Å². The van der Waals surface area contributed by atoms with Crippen LogP contribution in [0.2, 0.25) is 0 Å². The van der Waals surface area contributed by atoms with Crippen molar-refractivity contribution in [3.63, 3.8) is 0 Å². The second kappa shape index (κ2) is 8.88. The Morgan fingerprint density at radius 2 is 2.16 bits per heavy atom. The van der Waals surface area contributed by atoms with Crippen molar-refractivity contribution in [2.24, 2.45) is 0 Å². The Kier molecular flexibility index (Phi) is 7.88. The molecule has 2 nitrogen and oxygen atoms in total. The molecule has 0 radical (unpaired) electrons. The Morgan fingerprint density at radius 1 is 1.42 bits per heavy atom. The highest BCUT2D eigenvalue weighted by molar-refractivity contribution is 9.10. The lowest BCUT2D eigenvalue weighted by Gasteiger charge is -2.21. The van der Waals surface area contributed by atoms with Gasteiger partial charge in [-0.05, 0) is 43.8 Å². The molecule has 4 heteroatoms. The minimum absolute atomic E-state index is 0.389. The molecule has 19 heavy (non-hydrogen) atoms. The molecule has 0 bridgehead atoms. The van der Waals surface area contributed by atoms with Crippen molar-refractivity contribution in [3.05, 3.63) is 28.2 Å². The molecule has 0 saturated heterocycles. The number of hydrogen-bond donors (Lipinski definition) is 1. The molecule has 0 aliphatic carbocycles. The number of thioether (sulfide) groups is 1. The molecule has 1 unspecified atom stereocenters. The first-order valence-electron chi connectivity index (χ1n) is 6.83. The fourth-order valence-electron chi connectivity index (χ4n) is 1.93. The van der Waals surface area contributed by atoms with Crippen LogP contribution in [0.5, 0.6) is 0 Å². The van der Waals surface area contributed by atoms with E-state index in [0.717, 1.165) is 25.3 Å². The van der Waals surface area contributed by atoms with Crippen molar-refractivity contribution in [1.29, 1.82) is 0 Å². The van der Waals surface area contributed by atoms with Crippen LogP contribution in [0.4, 0.5) is 5.69 Å². The van der Waals surface area contributed by atoms with Crippen LogP contribution in [0.15, 0.2) is 22.7 Å². The molecular weight excluding hydrogens is 320 g/mol. The third kappa shape index (κ3) is 5.36. The van der Waals surface area contributed by atoms with Crippen LogP contribution in [-0.4, -0.2) is 32.1 Å². The topological polar surface area (TPSA) is 15.3 Å². The van der Waals surface area contributed by atoms with Gasteiger partial charge in [-0.25, -0.2) is 0 Å². The third-order valence-corrected chi connectivity index (χ3v) is 4.50. The zero-order valence-electron chi connectivity index (χ0n) is 12.4. The molecular formula is C15H25BrN2S. The molecule has 0 aromatic heterocycles. The quantitative estimate of drug-likeness (QED) is 0.756. The molecule has 1 aromatic rings. The van der Waals surface area contributed by atoms with Crippen molar-refractivity contribution in [1.82, 2.24) is 5.32 Å². The first-order valence-corrected chi connectivity index (χ1v) is 9.01. The van der Waals surface area contributed by atoms with Crippen LogP contribution >= 0.6 is 27.7 Å². The highest BCUT2D eigenvalue weighted by Gasteiger charge is 2.10. The lowest BCUT2D eigenvalue weighted by molar-refractivity contribution is 0.569. The Hall–Kier alpha value is -0.190. The van der Waals surface area contributed by atoms with Gasteiger partial charge in [-0.15, -0.1) is 0 Å². The maximum atomic E-state index is 3.70. The first kappa shape index (κ1) is 16.9. The fourth-order valence-corrected chi connectivity index (χ4v) is 3.10. The van der Waals surface area contributed by atoms with Gasteiger partial charge in [0, 0.05) is 35.5 Å². The van der Waals surface area contributed by atoms with Gasteiger partial charge >= 0.3 is 0 Å². The maximum Gasteiger partial charge on any atom is 0.0375 e. The van der Waals surface area contributed by atoms with Crippen LogP contribution in [0.1, 0.15) is 31.9 Å². The molecule has 1 rings (SSSR count). The predicted molar refractivity (Wildman–Crippen MR) is 92.5 cm³/mol. The van der Waals surface area contributed by atoms with E-state index in [2.05, 4.69) is 71.5 Å². The Labute approximate surface area is 130 Å². The normalized spacial score (nSPS) is 12.5. The van der Waals surface area contributed by atoms with E-state index in [1.54, 1.807) is 0 Å². The third-order valence-electron chi connectivity index (χ3n) is 3.22. The van der Waals surface area contributed by atoms with Gasteiger partial charge in [0.15, 0.2) is 0 Å². The molecule has 0 aliphatic heterocycles. The molecule has 0 saturated carbocycles. The van der Waals surface area contributed by atoms with Gasteiger partial charge in [0.2, 0.25) is 0 Å². The van der Waals surface area contributed by atoms with Crippen molar-refractivity contribution in [2.75, 3.05) is 37.0 Å². The highest BCUT2D eigenvalue weighted by atomic mass is 79.9. The molecule has 1 aromatic carbocycles. The van der Waals surface area contributed by atoms with E-state index >= 15 is 0 Å². The average molecular weight is 345 g/mol. The molecule has 0 heterocycles. The summed E-state index contributed by atoms with van der Waals surface area (Å²) in [4.78, 5) is 2.30. The Balaban J connectivity index is 2.73. The SMILES string of the molecule is CCCNC(C)c1ccc(N(C)CCSC)cc1Br. The van der Waals surface area contributed by atoms with Crippen LogP contribution in [-0.2, 0) is 0 Å². The highest BCUT2D eigenvalue weighted by Crippen LogP contribution is 2.28. The van der Waals surface area contributed by atoms with Gasteiger partial charge in [-0.1, -0.05) is 28.9 Å². The molecule has 0 spiro atoms. The number of rotatable bonds is 8. The Bertz CT molecular complexity index is 384. The Morgan fingerprint density at radius 3 is 2.74 bits per heavy atom. The lowest BCUT2D eigenvalue weighted by Crippen LogP contribution is -2.21. The molecule has 1 atom stereocenters. The monoisotopic (exact) mass is 344 g/mol. The first-order chi connectivity index (χ1) is 9.10. The number of halogens is 1. The number of hydrogen-bond acceptors (Lipinski definition) is 3. The van der Waals surface area contributed by atoms with Gasteiger partial charge in [0.25, 0.3) is 0 Å². The summed E-state index contributed by atoms with van der Waals surface area (Å²) in [5.74, 6) is 1.16. The second-order valence-electron chi connectivity index (χ2n) is 4.80. The van der Waals surface area contributed by atoms with E-state index in [1.165, 1.54) is 15.7 Å². The van der Waals surface area contributed by atoms with Crippen LogP contribution in [0, 0.1) is 0 Å². The minimum Gasteiger partial charge on any atom is -0.374 e. The standard InChI is InChI=1S/C15H25BrN2S/c1-5-8-17-12(2)14-7-6-13(11-15(14)16)18(3)9-10-19-4/h6-7,11-12,17H,5,8-10H2,1-4H3. The van der Waals surface area contributed by atoms with E-state index in [1.807, 2.05) is 11.8 Å². The molecule has 0 aliphatic rings. The summed E-state index contributed by atoms with van der Waals surface area (Å²) in [6.07, 6.45) is 3.31. The fraction of sp³-hybridized carbons (Fsp3) is 0.600. The minimum atomic E-state index is 0.389. The predicted octanol–water partition coefficient (Wildman–Crippen LogP) is 4.31. The van der Waals surface area contributed by atoms with Crippen molar-refractivity contribution in [2.45, 2.75) is 26.3 Å². The summed E-state index contributed by atoms with van der Waals surface area (Å²) < 4.78 is 1.19. The van der Waals surface area contributed by atoms with Crippen molar-refractivity contribution in [3.8, 4) is 0 Å². The van der Waals surface area contributed by atoms with E-state index in [9.17, 15) is 0 Å². The van der Waals surface area contributed by atoms with Gasteiger partial charge in [-0.3, -0.25) is 0 Å². The molecule has 0 fully saturated rings. The summed E-state index contributed by atoms with van der Waals surface area (Å²) in [6.45, 7) is 6.55. The van der Waals surface area contributed by atoms with E-state index in [0.29, 0.717) is 6.04 Å². The van der Waals surface area contributed by atoms with E-state index in [-0.39, 0.29) is 0 Å².